The van der Waals surface area contributed by atoms with Gasteiger partial charge in [-0.2, -0.15) is 0 Å². The smallest absolute Gasteiger partial charge is 0.270 e. The maximum absolute atomic E-state index is 12.2. The van der Waals surface area contributed by atoms with Gasteiger partial charge in [0, 0.05) is 37.9 Å². The van der Waals surface area contributed by atoms with Gasteiger partial charge in [-0.15, -0.1) is 0 Å². The quantitative estimate of drug-likeness (QED) is 0.708. The van der Waals surface area contributed by atoms with Crippen LogP contribution < -0.4 is 10.6 Å². The molecule has 3 heterocycles. The second kappa shape index (κ2) is 8.48. The number of carbonyl (C=O) groups excluding carboxylic acids is 2. The molecule has 0 spiro atoms. The van der Waals surface area contributed by atoms with Crippen LogP contribution >= 0.6 is 0 Å². The summed E-state index contributed by atoms with van der Waals surface area (Å²) in [5, 5.41) is 5.53. The standard InChI is InChI=1S/C19H17N5O2/c25-18(22-12-14-6-9-20-10-7-14)16-4-1-5-17(24-16)19(26)23-13-15-3-2-8-21-11-15/h1-11H,12-13H2,(H,22,25)(H,23,26). The Balaban J connectivity index is 1.60. The number of nitrogens with one attached hydrogen (secondary N) is 2. The van der Waals surface area contributed by atoms with Crippen LogP contribution in [0.1, 0.15) is 32.1 Å². The molecule has 2 N–H and O–H groups in total. The van der Waals surface area contributed by atoms with E-state index in [4.69, 9.17) is 0 Å². The van der Waals surface area contributed by atoms with E-state index in [0.29, 0.717) is 13.1 Å². The molecule has 0 unspecified atom stereocenters. The van der Waals surface area contributed by atoms with Crippen molar-refractivity contribution in [1.29, 1.82) is 0 Å². The summed E-state index contributed by atoms with van der Waals surface area (Å²) < 4.78 is 0. The summed E-state index contributed by atoms with van der Waals surface area (Å²) in [4.78, 5) is 36.5. The largest absolute Gasteiger partial charge is 0.347 e. The highest BCUT2D eigenvalue weighted by molar-refractivity contribution is 5.96. The molecule has 130 valence electrons. The maximum Gasteiger partial charge on any atom is 0.270 e. The molecule has 7 nitrogen and oxygen atoms in total. The highest BCUT2D eigenvalue weighted by atomic mass is 16.2. The molecule has 0 aliphatic carbocycles. The Labute approximate surface area is 150 Å². The van der Waals surface area contributed by atoms with Gasteiger partial charge in [-0.1, -0.05) is 12.1 Å². The molecule has 0 saturated carbocycles. The van der Waals surface area contributed by atoms with E-state index < -0.39 is 0 Å². The zero-order chi connectivity index (χ0) is 18.2. The van der Waals surface area contributed by atoms with Crippen LogP contribution in [0.2, 0.25) is 0 Å². The van der Waals surface area contributed by atoms with Crippen LogP contribution in [-0.4, -0.2) is 26.8 Å². The van der Waals surface area contributed by atoms with Gasteiger partial charge in [-0.05, 0) is 41.5 Å². The molecule has 3 rings (SSSR count). The zero-order valence-corrected chi connectivity index (χ0v) is 13.9. The lowest BCUT2D eigenvalue weighted by molar-refractivity contribution is 0.0941. The van der Waals surface area contributed by atoms with Crippen LogP contribution in [0, 0.1) is 0 Å². The van der Waals surface area contributed by atoms with Crippen molar-refractivity contribution in [2.24, 2.45) is 0 Å². The van der Waals surface area contributed by atoms with Crippen molar-refractivity contribution in [2.45, 2.75) is 13.1 Å². The minimum absolute atomic E-state index is 0.186. The van der Waals surface area contributed by atoms with E-state index >= 15 is 0 Å². The number of aromatic nitrogens is 3. The number of hydrogen-bond donors (Lipinski definition) is 2. The summed E-state index contributed by atoms with van der Waals surface area (Å²) in [5.41, 5.74) is 2.18. The molecule has 0 fully saturated rings. The van der Waals surface area contributed by atoms with E-state index in [1.807, 2.05) is 18.2 Å². The molecular formula is C19H17N5O2. The van der Waals surface area contributed by atoms with Crippen LogP contribution in [0.15, 0.2) is 67.3 Å². The Bertz CT molecular complexity index is 814. The third kappa shape index (κ3) is 4.70. The number of pyridine rings is 3. The highest BCUT2D eigenvalue weighted by Gasteiger charge is 2.12. The lowest BCUT2D eigenvalue weighted by Gasteiger charge is -2.07. The zero-order valence-electron chi connectivity index (χ0n) is 13.9. The van der Waals surface area contributed by atoms with Gasteiger partial charge in [0.05, 0.1) is 0 Å². The average molecular weight is 347 g/mol. The molecule has 26 heavy (non-hydrogen) atoms. The molecule has 0 aromatic carbocycles. The second-order valence-corrected chi connectivity index (χ2v) is 5.49. The van der Waals surface area contributed by atoms with Gasteiger partial charge in [0.1, 0.15) is 11.4 Å². The first-order valence-corrected chi connectivity index (χ1v) is 8.03. The molecule has 0 atom stereocenters. The van der Waals surface area contributed by atoms with Gasteiger partial charge in [0.15, 0.2) is 0 Å². The minimum Gasteiger partial charge on any atom is -0.347 e. The van der Waals surface area contributed by atoms with Gasteiger partial charge in [-0.25, -0.2) is 4.98 Å². The van der Waals surface area contributed by atoms with Crippen LogP contribution in [0.3, 0.4) is 0 Å². The molecule has 0 aliphatic heterocycles. The molecule has 7 heteroatoms. The summed E-state index contributed by atoms with van der Waals surface area (Å²) in [7, 11) is 0. The van der Waals surface area contributed by atoms with Crippen LogP contribution in [-0.2, 0) is 13.1 Å². The fraction of sp³-hybridized carbons (Fsp3) is 0.105. The van der Waals surface area contributed by atoms with E-state index in [9.17, 15) is 9.59 Å². The summed E-state index contributed by atoms with van der Waals surface area (Å²) in [6.45, 7) is 0.702. The summed E-state index contributed by atoms with van der Waals surface area (Å²) in [5.74, 6) is -0.693. The number of carbonyl (C=O) groups is 2. The van der Waals surface area contributed by atoms with Crippen molar-refractivity contribution in [3.8, 4) is 0 Å². The van der Waals surface area contributed by atoms with Crippen LogP contribution in [0.25, 0.3) is 0 Å². The summed E-state index contributed by atoms with van der Waals surface area (Å²) in [6.07, 6.45) is 6.66. The van der Waals surface area contributed by atoms with Gasteiger partial charge in [0.2, 0.25) is 0 Å². The average Bonchev–Trinajstić information content (AvgIpc) is 2.72. The number of nitrogens with zero attached hydrogens (tertiary/aromatic N) is 3. The molecule has 3 aromatic rings. The third-order valence-electron chi connectivity index (χ3n) is 3.59. The lowest BCUT2D eigenvalue weighted by Crippen LogP contribution is -2.27. The Morgan fingerprint density at radius 3 is 2.00 bits per heavy atom. The molecule has 0 saturated heterocycles. The van der Waals surface area contributed by atoms with Crippen molar-refractivity contribution < 1.29 is 9.59 Å². The maximum atomic E-state index is 12.2. The number of hydrogen-bond acceptors (Lipinski definition) is 5. The molecule has 2 amide bonds. The van der Waals surface area contributed by atoms with E-state index in [1.165, 1.54) is 0 Å². The monoisotopic (exact) mass is 347 g/mol. The predicted octanol–water partition coefficient (Wildman–Crippen LogP) is 1.73. The van der Waals surface area contributed by atoms with Crippen molar-refractivity contribution in [3.05, 3.63) is 89.8 Å². The predicted molar refractivity (Wildman–Crippen MR) is 95.1 cm³/mol. The van der Waals surface area contributed by atoms with Crippen molar-refractivity contribution in [2.75, 3.05) is 0 Å². The molecule has 3 aromatic heterocycles. The highest BCUT2D eigenvalue weighted by Crippen LogP contribution is 2.03. The lowest BCUT2D eigenvalue weighted by atomic mass is 10.2. The first-order chi connectivity index (χ1) is 12.7. The third-order valence-corrected chi connectivity index (χ3v) is 3.59. The van der Waals surface area contributed by atoms with Gasteiger partial charge < -0.3 is 10.6 Å². The van der Waals surface area contributed by atoms with Crippen molar-refractivity contribution in [3.63, 3.8) is 0 Å². The van der Waals surface area contributed by atoms with Crippen molar-refractivity contribution >= 4 is 11.8 Å². The molecule has 0 radical (unpaired) electrons. The van der Waals surface area contributed by atoms with E-state index in [-0.39, 0.29) is 23.2 Å². The minimum atomic E-state index is -0.349. The van der Waals surface area contributed by atoms with Crippen LogP contribution in [0.4, 0.5) is 0 Å². The van der Waals surface area contributed by atoms with Gasteiger partial charge in [0.25, 0.3) is 11.8 Å². The van der Waals surface area contributed by atoms with Gasteiger partial charge >= 0.3 is 0 Å². The second-order valence-electron chi connectivity index (χ2n) is 5.49. The van der Waals surface area contributed by atoms with Crippen LogP contribution in [0.5, 0.6) is 0 Å². The Morgan fingerprint density at radius 2 is 1.38 bits per heavy atom. The first-order valence-electron chi connectivity index (χ1n) is 8.03. The topological polar surface area (TPSA) is 96.9 Å². The Morgan fingerprint density at radius 1 is 0.731 bits per heavy atom. The van der Waals surface area contributed by atoms with E-state index in [1.54, 1.807) is 49.1 Å². The van der Waals surface area contributed by atoms with Crippen molar-refractivity contribution in [1.82, 2.24) is 25.6 Å². The normalized spacial score (nSPS) is 10.2. The number of rotatable bonds is 6. The van der Waals surface area contributed by atoms with Gasteiger partial charge in [-0.3, -0.25) is 19.6 Å². The molecule has 0 bridgehead atoms. The summed E-state index contributed by atoms with van der Waals surface area (Å²) >= 11 is 0. The SMILES string of the molecule is O=C(NCc1ccncc1)c1cccc(C(=O)NCc2cccnc2)n1. The summed E-state index contributed by atoms with van der Waals surface area (Å²) in [6, 6.07) is 12.1. The number of amides is 2. The Hall–Kier alpha value is -3.61. The molecule has 0 aliphatic rings. The van der Waals surface area contributed by atoms with E-state index in [2.05, 4.69) is 25.6 Å². The Kier molecular flexibility index (Phi) is 5.61. The van der Waals surface area contributed by atoms with E-state index in [0.717, 1.165) is 11.1 Å². The first kappa shape index (κ1) is 17.2. The fourth-order valence-electron chi connectivity index (χ4n) is 2.24. The molecular weight excluding hydrogens is 330 g/mol. The fourth-order valence-corrected chi connectivity index (χ4v) is 2.24.